The van der Waals surface area contributed by atoms with Crippen molar-refractivity contribution >= 4 is 24.7 Å². The summed E-state index contributed by atoms with van der Waals surface area (Å²) in [5.74, 6) is -0.342. The SMILES string of the molecule is COc1ccc(COCC[C@H]2O[C@]3(C=C[C@@H]2C)CC[C@H](OC)[C@@H]([C@H](CO[Si](c2ccccc2)(c2ccccc2)C(C)(C)C)OC(=O)C(C)(C)C)O3)cc1. The van der Waals surface area contributed by atoms with Crippen LogP contribution in [0.1, 0.15) is 73.3 Å². The molecule has 1 fully saturated rings. The van der Waals surface area contributed by atoms with Crippen LogP contribution in [-0.2, 0) is 39.5 Å². The average Bonchev–Trinajstić information content (AvgIpc) is 3.14. The van der Waals surface area contributed by atoms with Crippen molar-refractivity contribution in [1.82, 2.24) is 0 Å². The molecule has 6 atom stereocenters. The Morgan fingerprint density at radius 2 is 1.51 bits per heavy atom. The smallest absolute Gasteiger partial charge is 0.311 e. The largest absolute Gasteiger partial charge is 0.497 e. The van der Waals surface area contributed by atoms with Crippen LogP contribution >= 0.6 is 0 Å². The van der Waals surface area contributed by atoms with Crippen LogP contribution in [-0.4, -0.2) is 71.9 Å². The topological polar surface area (TPSA) is 81.7 Å². The van der Waals surface area contributed by atoms with E-state index < -0.39 is 31.7 Å². The number of benzene rings is 3. The van der Waals surface area contributed by atoms with Gasteiger partial charge in [0.25, 0.3) is 8.32 Å². The van der Waals surface area contributed by atoms with Crippen molar-refractivity contribution in [2.75, 3.05) is 27.4 Å². The molecule has 0 aromatic heterocycles. The summed E-state index contributed by atoms with van der Waals surface area (Å²) in [6, 6.07) is 28.9. The monoisotopic (exact) mass is 744 g/mol. The molecule has 0 N–H and O–H groups in total. The molecule has 2 aliphatic heterocycles. The highest BCUT2D eigenvalue weighted by atomic mass is 28.4. The molecule has 0 unspecified atom stereocenters. The van der Waals surface area contributed by atoms with Crippen molar-refractivity contribution < 1.29 is 37.6 Å². The molecular weight excluding hydrogens is 685 g/mol. The van der Waals surface area contributed by atoms with E-state index >= 15 is 0 Å². The molecule has 0 saturated carbocycles. The minimum Gasteiger partial charge on any atom is -0.497 e. The van der Waals surface area contributed by atoms with Crippen molar-refractivity contribution in [3.63, 3.8) is 0 Å². The molecule has 53 heavy (non-hydrogen) atoms. The first kappa shape index (κ1) is 40.9. The molecule has 288 valence electrons. The number of esters is 1. The van der Waals surface area contributed by atoms with E-state index in [2.05, 4.69) is 82.3 Å². The lowest BCUT2D eigenvalue weighted by Gasteiger charge is -2.49. The summed E-state index contributed by atoms with van der Waals surface area (Å²) >= 11 is 0. The zero-order chi connectivity index (χ0) is 38.3. The summed E-state index contributed by atoms with van der Waals surface area (Å²) in [4.78, 5) is 13.7. The third kappa shape index (κ3) is 9.68. The zero-order valence-electron chi connectivity index (χ0n) is 33.1. The van der Waals surface area contributed by atoms with Crippen LogP contribution in [0.2, 0.25) is 5.04 Å². The highest BCUT2D eigenvalue weighted by Gasteiger charge is 2.53. The normalized spacial score (nSPS) is 24.2. The third-order valence-corrected chi connectivity index (χ3v) is 15.5. The maximum absolute atomic E-state index is 13.7. The predicted octanol–water partition coefficient (Wildman–Crippen LogP) is 7.62. The van der Waals surface area contributed by atoms with Gasteiger partial charge in [-0.25, -0.2) is 0 Å². The first-order valence-corrected chi connectivity index (χ1v) is 20.9. The molecule has 0 bridgehead atoms. The highest BCUT2D eigenvalue weighted by molar-refractivity contribution is 6.99. The van der Waals surface area contributed by atoms with Gasteiger partial charge in [0.15, 0.2) is 11.9 Å². The highest BCUT2D eigenvalue weighted by Crippen LogP contribution is 2.42. The first-order chi connectivity index (χ1) is 25.2. The van der Waals surface area contributed by atoms with E-state index in [0.29, 0.717) is 32.5 Å². The van der Waals surface area contributed by atoms with Crippen LogP contribution in [0.3, 0.4) is 0 Å². The Kier molecular flexibility index (Phi) is 13.4. The Morgan fingerprint density at radius 3 is 2.06 bits per heavy atom. The molecule has 0 radical (unpaired) electrons. The predicted molar refractivity (Wildman–Crippen MR) is 211 cm³/mol. The van der Waals surface area contributed by atoms with Crippen molar-refractivity contribution in [3.8, 4) is 5.75 Å². The summed E-state index contributed by atoms with van der Waals surface area (Å²) < 4.78 is 45.1. The van der Waals surface area contributed by atoms with Gasteiger partial charge in [0.1, 0.15) is 11.9 Å². The lowest BCUT2D eigenvalue weighted by Crippen LogP contribution is -2.68. The van der Waals surface area contributed by atoms with E-state index in [1.165, 1.54) is 0 Å². The van der Waals surface area contributed by atoms with Gasteiger partial charge in [0, 0.05) is 26.1 Å². The molecule has 1 saturated heterocycles. The fourth-order valence-corrected chi connectivity index (χ4v) is 12.0. The minimum atomic E-state index is -2.97. The van der Waals surface area contributed by atoms with Crippen molar-refractivity contribution in [3.05, 3.63) is 103 Å². The number of rotatable bonds is 14. The van der Waals surface area contributed by atoms with Crippen LogP contribution < -0.4 is 15.1 Å². The number of ether oxygens (including phenoxy) is 6. The molecule has 0 aliphatic carbocycles. The van der Waals surface area contributed by atoms with Gasteiger partial charge in [-0.2, -0.15) is 0 Å². The van der Waals surface area contributed by atoms with Gasteiger partial charge >= 0.3 is 5.97 Å². The molecule has 5 rings (SSSR count). The van der Waals surface area contributed by atoms with E-state index in [9.17, 15) is 4.79 Å². The standard InChI is InChI=1S/C44H60O8Si/c1-32-24-27-44(51-37(32)26-29-48-30-33-20-22-34(46-8)23-21-33)28-25-38(47-9)40(52-44)39(50-41(45)42(2,3)4)31-49-53(43(5,6)7,35-16-12-10-13-17-35)36-18-14-11-15-19-36/h10-24,27,32,37-40H,25-26,28-31H2,1-9H3/t32-,37+,38-,39-,40-,44-/m0/s1. The third-order valence-electron chi connectivity index (χ3n) is 10.5. The average molecular weight is 745 g/mol. The van der Waals surface area contributed by atoms with Gasteiger partial charge in [-0.3, -0.25) is 4.79 Å². The van der Waals surface area contributed by atoms with Gasteiger partial charge in [-0.1, -0.05) is 107 Å². The van der Waals surface area contributed by atoms with E-state index in [1.807, 2.05) is 63.2 Å². The number of hydrogen-bond donors (Lipinski definition) is 0. The number of carbonyl (C=O) groups excluding carboxylic acids is 1. The van der Waals surface area contributed by atoms with Crippen LogP contribution in [0.15, 0.2) is 97.1 Å². The molecule has 3 aromatic rings. The molecule has 3 aromatic carbocycles. The van der Waals surface area contributed by atoms with Gasteiger partial charge in [0.2, 0.25) is 0 Å². The van der Waals surface area contributed by atoms with Crippen molar-refractivity contribution in [2.45, 2.75) is 110 Å². The van der Waals surface area contributed by atoms with E-state index in [4.69, 9.17) is 32.8 Å². The first-order valence-electron chi connectivity index (χ1n) is 19.0. The molecule has 1 spiro atoms. The zero-order valence-corrected chi connectivity index (χ0v) is 34.1. The summed E-state index contributed by atoms with van der Waals surface area (Å²) in [6.07, 6.45) is 4.28. The maximum Gasteiger partial charge on any atom is 0.311 e. The summed E-state index contributed by atoms with van der Waals surface area (Å²) in [6.45, 7) is 15.6. The van der Waals surface area contributed by atoms with Crippen LogP contribution in [0, 0.1) is 11.3 Å². The lowest BCUT2D eigenvalue weighted by atomic mass is 9.90. The fraction of sp³-hybridized carbons (Fsp3) is 0.523. The molecular formula is C44H60O8Si. The van der Waals surface area contributed by atoms with E-state index in [0.717, 1.165) is 21.7 Å². The van der Waals surface area contributed by atoms with Crippen molar-refractivity contribution in [1.29, 1.82) is 0 Å². The van der Waals surface area contributed by atoms with Crippen molar-refractivity contribution in [2.24, 2.45) is 11.3 Å². The summed E-state index contributed by atoms with van der Waals surface area (Å²) in [7, 11) is 0.375. The molecule has 2 aliphatic rings. The molecule has 9 heteroatoms. The molecule has 0 amide bonds. The number of hydrogen-bond acceptors (Lipinski definition) is 8. The van der Waals surface area contributed by atoms with Crippen LogP contribution in [0.4, 0.5) is 0 Å². The Bertz CT molecular complexity index is 1580. The fourth-order valence-electron chi connectivity index (χ4n) is 7.39. The van der Waals surface area contributed by atoms with Crippen LogP contribution in [0.25, 0.3) is 0 Å². The van der Waals surface area contributed by atoms with Gasteiger partial charge < -0.3 is 32.8 Å². The van der Waals surface area contributed by atoms with Gasteiger partial charge in [-0.15, -0.1) is 0 Å². The second-order valence-electron chi connectivity index (χ2n) is 16.4. The molecule has 8 nitrogen and oxygen atoms in total. The lowest BCUT2D eigenvalue weighted by molar-refractivity contribution is -0.315. The second-order valence-corrected chi connectivity index (χ2v) is 20.7. The number of methoxy groups -OCH3 is 2. The van der Waals surface area contributed by atoms with Gasteiger partial charge in [0.05, 0.1) is 37.9 Å². The summed E-state index contributed by atoms with van der Waals surface area (Å²) in [5, 5.41) is 2.03. The quantitative estimate of drug-likeness (QED) is 0.0723. The Balaban J connectivity index is 1.40. The van der Waals surface area contributed by atoms with Gasteiger partial charge in [-0.05, 0) is 72.8 Å². The van der Waals surface area contributed by atoms with E-state index in [-0.39, 0.29) is 35.7 Å². The summed E-state index contributed by atoms with van der Waals surface area (Å²) in [5.41, 5.74) is 0.345. The minimum absolute atomic E-state index is 0.123. The second kappa shape index (κ2) is 17.4. The Morgan fingerprint density at radius 1 is 0.887 bits per heavy atom. The molecule has 2 heterocycles. The Labute approximate surface area is 318 Å². The Hall–Kier alpha value is -3.31. The number of carbonyl (C=O) groups is 1. The van der Waals surface area contributed by atoms with E-state index in [1.54, 1.807) is 14.2 Å². The maximum atomic E-state index is 13.7. The van der Waals surface area contributed by atoms with Crippen LogP contribution in [0.5, 0.6) is 5.75 Å².